The van der Waals surface area contributed by atoms with E-state index >= 15 is 0 Å². The van der Waals surface area contributed by atoms with Crippen molar-refractivity contribution in [3.63, 3.8) is 0 Å². The molecule has 0 spiro atoms. The number of nitrogens with one attached hydrogen (secondary N) is 1. The lowest BCUT2D eigenvalue weighted by atomic mass is 9.97. The molecule has 0 radical (unpaired) electrons. The smallest absolute Gasteiger partial charge is 0.163 e. The second-order valence-electron chi connectivity index (χ2n) is 6.95. The minimum atomic E-state index is 0.126. The molecule has 0 aliphatic heterocycles. The highest BCUT2D eigenvalue weighted by Crippen LogP contribution is 2.39. The third-order valence-corrected chi connectivity index (χ3v) is 6.81. The normalized spacial score (nSPS) is 14.9. The first-order valence-electron chi connectivity index (χ1n) is 9.47. The average molecular weight is 400 g/mol. The van der Waals surface area contributed by atoms with E-state index in [-0.39, 0.29) is 6.04 Å². The van der Waals surface area contributed by atoms with Gasteiger partial charge in [-0.3, -0.25) is 4.98 Å². The molecule has 0 bridgehead atoms. The summed E-state index contributed by atoms with van der Waals surface area (Å²) in [6.45, 7) is 0.729. The van der Waals surface area contributed by atoms with Crippen LogP contribution in [0.3, 0.4) is 0 Å². The van der Waals surface area contributed by atoms with Crippen molar-refractivity contribution in [2.24, 2.45) is 5.73 Å². The monoisotopic (exact) mass is 399 g/mol. The average Bonchev–Trinajstić information content (AvgIpc) is 3.09. The molecular weight excluding hydrogens is 374 g/mol. The zero-order valence-corrected chi connectivity index (χ0v) is 17.2. The molecule has 0 saturated carbocycles. The summed E-state index contributed by atoms with van der Waals surface area (Å²) in [5, 5.41) is 4.76. The predicted molar refractivity (Wildman–Crippen MR) is 117 cm³/mol. The van der Waals surface area contributed by atoms with E-state index in [4.69, 9.17) is 15.7 Å². The molecule has 27 heavy (non-hydrogen) atoms. The molecule has 1 atom stereocenters. The van der Waals surface area contributed by atoms with Gasteiger partial charge >= 0.3 is 0 Å². The Morgan fingerprint density at radius 3 is 2.85 bits per heavy atom. The van der Waals surface area contributed by atoms with E-state index in [0.717, 1.165) is 53.6 Å². The highest BCUT2D eigenvalue weighted by atomic mass is 32.2. The Hall–Kier alpha value is -1.70. The Bertz CT molecular complexity index is 910. The van der Waals surface area contributed by atoms with Crippen LogP contribution in [0.25, 0.3) is 21.6 Å². The van der Waals surface area contributed by atoms with E-state index < -0.39 is 0 Å². The van der Waals surface area contributed by atoms with Gasteiger partial charge in [0.05, 0.1) is 5.39 Å². The summed E-state index contributed by atoms with van der Waals surface area (Å²) in [5.74, 6) is 2.77. The van der Waals surface area contributed by atoms with Crippen LogP contribution >= 0.6 is 23.1 Å². The van der Waals surface area contributed by atoms with Gasteiger partial charge in [-0.05, 0) is 61.8 Å². The first kappa shape index (κ1) is 18.7. The van der Waals surface area contributed by atoms with E-state index in [0.29, 0.717) is 0 Å². The summed E-state index contributed by atoms with van der Waals surface area (Å²) < 4.78 is 0. The number of aromatic nitrogens is 3. The molecule has 0 fully saturated rings. The third kappa shape index (κ3) is 4.10. The van der Waals surface area contributed by atoms with Gasteiger partial charge in [-0.1, -0.05) is 0 Å². The zero-order chi connectivity index (χ0) is 18.6. The molecule has 0 aromatic carbocycles. The Morgan fingerprint density at radius 2 is 2.04 bits per heavy atom. The molecular formula is C20H25N5S2. The zero-order valence-electron chi connectivity index (χ0n) is 15.6. The quantitative estimate of drug-likeness (QED) is 0.622. The summed E-state index contributed by atoms with van der Waals surface area (Å²) in [7, 11) is 0. The molecule has 3 aromatic heterocycles. The van der Waals surface area contributed by atoms with Crippen LogP contribution in [0.4, 0.5) is 5.82 Å². The van der Waals surface area contributed by atoms with Gasteiger partial charge in [0.2, 0.25) is 0 Å². The van der Waals surface area contributed by atoms with Crippen LogP contribution in [0.5, 0.6) is 0 Å². The molecule has 3 aromatic rings. The fraction of sp³-hybridized carbons (Fsp3) is 0.450. The number of nitrogens with zero attached hydrogens (tertiary/aromatic N) is 3. The molecule has 3 heterocycles. The highest BCUT2D eigenvalue weighted by molar-refractivity contribution is 7.98. The van der Waals surface area contributed by atoms with Crippen LogP contribution in [-0.2, 0) is 12.8 Å². The maximum atomic E-state index is 6.29. The van der Waals surface area contributed by atoms with Crippen molar-refractivity contribution in [2.75, 3.05) is 23.9 Å². The van der Waals surface area contributed by atoms with E-state index in [2.05, 4.69) is 16.6 Å². The second-order valence-corrected chi connectivity index (χ2v) is 9.01. The predicted octanol–water partition coefficient (Wildman–Crippen LogP) is 4.12. The van der Waals surface area contributed by atoms with Crippen LogP contribution in [0.2, 0.25) is 0 Å². The van der Waals surface area contributed by atoms with Gasteiger partial charge in [0.15, 0.2) is 5.82 Å². The van der Waals surface area contributed by atoms with Gasteiger partial charge in [0, 0.05) is 35.4 Å². The lowest BCUT2D eigenvalue weighted by Crippen LogP contribution is -2.30. The lowest BCUT2D eigenvalue weighted by molar-refractivity contribution is 0.683. The fourth-order valence-electron chi connectivity index (χ4n) is 3.51. The van der Waals surface area contributed by atoms with Crippen molar-refractivity contribution in [1.29, 1.82) is 0 Å². The van der Waals surface area contributed by atoms with Crippen LogP contribution < -0.4 is 11.1 Å². The number of thioether (sulfide) groups is 1. The molecule has 0 amide bonds. The Balaban J connectivity index is 1.72. The topological polar surface area (TPSA) is 76.7 Å². The standard InChI is InChI=1S/C20H25N5S2/c1-26-11-8-14(21)12-23-19-17-15-4-2-3-5-16(15)27-20(17)25-18(24-19)13-6-9-22-10-7-13/h6-7,9-10,14H,2-5,8,11-12,21H2,1H3,(H,23,24,25)/t14-/m1/s1. The van der Waals surface area contributed by atoms with Gasteiger partial charge in [-0.25, -0.2) is 9.97 Å². The minimum Gasteiger partial charge on any atom is -0.368 e. The molecule has 5 nitrogen and oxygen atoms in total. The molecule has 3 N–H and O–H groups in total. The summed E-state index contributed by atoms with van der Waals surface area (Å²) >= 11 is 3.67. The van der Waals surface area contributed by atoms with Gasteiger partial charge in [0.1, 0.15) is 10.6 Å². The summed E-state index contributed by atoms with van der Waals surface area (Å²) in [6, 6.07) is 4.05. The third-order valence-electron chi connectivity index (χ3n) is 4.98. The largest absolute Gasteiger partial charge is 0.368 e. The van der Waals surface area contributed by atoms with E-state index in [1.165, 1.54) is 28.7 Å². The lowest BCUT2D eigenvalue weighted by Gasteiger charge is -2.16. The van der Waals surface area contributed by atoms with Crippen molar-refractivity contribution in [2.45, 2.75) is 38.1 Å². The van der Waals surface area contributed by atoms with Crippen molar-refractivity contribution < 1.29 is 0 Å². The van der Waals surface area contributed by atoms with E-state index in [1.807, 2.05) is 35.2 Å². The maximum Gasteiger partial charge on any atom is 0.163 e. The SMILES string of the molecule is CSCC[C@@H](N)CNc1nc(-c2ccncc2)nc2sc3c(c12)CCCC3. The maximum absolute atomic E-state index is 6.29. The van der Waals surface area contributed by atoms with Crippen LogP contribution in [0.15, 0.2) is 24.5 Å². The van der Waals surface area contributed by atoms with Gasteiger partial charge in [0.25, 0.3) is 0 Å². The Labute approximate surface area is 168 Å². The fourth-order valence-corrected chi connectivity index (χ4v) is 5.31. The molecule has 0 unspecified atom stereocenters. The molecule has 142 valence electrons. The molecule has 4 rings (SSSR count). The summed E-state index contributed by atoms with van der Waals surface area (Å²) in [5.41, 5.74) is 8.73. The Kier molecular flexibility index (Phi) is 5.90. The van der Waals surface area contributed by atoms with Crippen LogP contribution in [0.1, 0.15) is 29.7 Å². The van der Waals surface area contributed by atoms with Gasteiger partial charge < -0.3 is 11.1 Å². The molecule has 1 aliphatic carbocycles. The van der Waals surface area contributed by atoms with E-state index in [1.54, 1.807) is 12.4 Å². The number of anilines is 1. The highest BCUT2D eigenvalue weighted by Gasteiger charge is 2.21. The molecule has 0 saturated heterocycles. The van der Waals surface area contributed by atoms with Crippen molar-refractivity contribution in [1.82, 2.24) is 15.0 Å². The van der Waals surface area contributed by atoms with E-state index in [9.17, 15) is 0 Å². The first-order chi connectivity index (χ1) is 13.3. The number of hydrogen-bond donors (Lipinski definition) is 2. The van der Waals surface area contributed by atoms with Crippen molar-refractivity contribution >= 4 is 39.1 Å². The number of thiophene rings is 1. The van der Waals surface area contributed by atoms with Crippen LogP contribution in [-0.4, -0.2) is 39.5 Å². The molecule has 1 aliphatic rings. The summed E-state index contributed by atoms with van der Waals surface area (Å²) in [6.07, 6.45) is 11.5. The first-order valence-corrected chi connectivity index (χ1v) is 11.7. The van der Waals surface area contributed by atoms with Gasteiger partial charge in [-0.2, -0.15) is 11.8 Å². The van der Waals surface area contributed by atoms with Crippen molar-refractivity contribution in [3.8, 4) is 11.4 Å². The van der Waals surface area contributed by atoms with Crippen LogP contribution in [0, 0.1) is 0 Å². The minimum absolute atomic E-state index is 0.126. The second kappa shape index (κ2) is 8.54. The Morgan fingerprint density at radius 1 is 1.22 bits per heavy atom. The number of rotatable bonds is 7. The van der Waals surface area contributed by atoms with Crippen molar-refractivity contribution in [3.05, 3.63) is 35.0 Å². The number of hydrogen-bond acceptors (Lipinski definition) is 7. The molecule has 7 heteroatoms. The number of pyridine rings is 1. The summed E-state index contributed by atoms with van der Waals surface area (Å²) in [4.78, 5) is 16.5. The van der Waals surface area contributed by atoms with Gasteiger partial charge in [-0.15, -0.1) is 11.3 Å². The number of aryl methyl sites for hydroxylation is 2. The number of nitrogens with two attached hydrogens (primary N) is 1. The number of fused-ring (bicyclic) bond motifs is 3.